The van der Waals surface area contributed by atoms with Crippen molar-refractivity contribution in [1.82, 2.24) is 0 Å². The Kier molecular flexibility index (Phi) is 2.53. The van der Waals surface area contributed by atoms with Crippen molar-refractivity contribution in [3.8, 4) is 6.07 Å². The SMILES string of the molecule is C[C@@H]1C[C@H]1c1ccc(/C=C(\C#N)C(N)=O)o1. The fourth-order valence-electron chi connectivity index (χ4n) is 1.66. The first-order chi connectivity index (χ1) is 7.61. The van der Waals surface area contributed by atoms with E-state index in [2.05, 4.69) is 6.92 Å². The van der Waals surface area contributed by atoms with Crippen LogP contribution in [0, 0.1) is 17.2 Å². The Hall–Kier alpha value is -2.02. The highest BCUT2D eigenvalue weighted by atomic mass is 16.3. The second kappa shape index (κ2) is 3.86. The molecule has 2 N–H and O–H groups in total. The summed E-state index contributed by atoms with van der Waals surface area (Å²) in [5.74, 6) is 1.83. The molecule has 2 atom stereocenters. The molecule has 82 valence electrons. The molecule has 2 rings (SSSR count). The maximum atomic E-state index is 10.8. The number of primary amides is 1. The van der Waals surface area contributed by atoms with E-state index in [0.29, 0.717) is 17.6 Å². The van der Waals surface area contributed by atoms with Gasteiger partial charge >= 0.3 is 0 Å². The summed E-state index contributed by atoms with van der Waals surface area (Å²) in [5, 5.41) is 8.67. The van der Waals surface area contributed by atoms with Crippen LogP contribution in [0.1, 0.15) is 30.8 Å². The van der Waals surface area contributed by atoms with Crippen molar-refractivity contribution in [2.45, 2.75) is 19.3 Å². The average Bonchev–Trinajstić information content (AvgIpc) is 2.79. The zero-order valence-corrected chi connectivity index (χ0v) is 8.93. The predicted octanol–water partition coefficient (Wildman–Crippen LogP) is 1.80. The minimum absolute atomic E-state index is 0.0928. The second-order valence-corrected chi connectivity index (χ2v) is 4.09. The van der Waals surface area contributed by atoms with Gasteiger partial charge < -0.3 is 10.2 Å². The van der Waals surface area contributed by atoms with Crippen molar-refractivity contribution < 1.29 is 9.21 Å². The van der Waals surface area contributed by atoms with E-state index in [1.807, 2.05) is 6.07 Å². The van der Waals surface area contributed by atoms with Crippen LogP contribution >= 0.6 is 0 Å². The van der Waals surface area contributed by atoms with Crippen LogP contribution in [0.3, 0.4) is 0 Å². The molecular formula is C12H12N2O2. The maximum absolute atomic E-state index is 10.8. The number of carbonyl (C=O) groups excluding carboxylic acids is 1. The lowest BCUT2D eigenvalue weighted by Crippen LogP contribution is -2.12. The molecule has 1 aliphatic carbocycles. The Morgan fingerprint density at radius 1 is 1.69 bits per heavy atom. The molecule has 1 aliphatic rings. The molecule has 0 radical (unpaired) electrons. The first-order valence-corrected chi connectivity index (χ1v) is 5.13. The Balaban J connectivity index is 2.19. The lowest BCUT2D eigenvalue weighted by molar-refractivity contribution is -0.114. The highest BCUT2D eigenvalue weighted by Crippen LogP contribution is 2.47. The van der Waals surface area contributed by atoms with Crippen molar-refractivity contribution >= 4 is 12.0 Å². The molecule has 1 heterocycles. The Labute approximate surface area is 93.3 Å². The molecule has 0 aromatic carbocycles. The van der Waals surface area contributed by atoms with Gasteiger partial charge in [0.05, 0.1) is 0 Å². The Morgan fingerprint density at radius 2 is 2.38 bits per heavy atom. The maximum Gasteiger partial charge on any atom is 0.259 e. The van der Waals surface area contributed by atoms with Gasteiger partial charge in [-0.2, -0.15) is 5.26 Å². The van der Waals surface area contributed by atoms with E-state index in [-0.39, 0.29) is 5.57 Å². The molecule has 1 amide bonds. The van der Waals surface area contributed by atoms with E-state index in [1.54, 1.807) is 12.1 Å². The molecule has 4 heteroatoms. The molecule has 0 unspecified atom stereocenters. The largest absolute Gasteiger partial charge is 0.461 e. The Morgan fingerprint density at radius 3 is 2.88 bits per heavy atom. The second-order valence-electron chi connectivity index (χ2n) is 4.09. The van der Waals surface area contributed by atoms with Crippen molar-refractivity contribution in [2.75, 3.05) is 0 Å². The summed E-state index contributed by atoms with van der Waals surface area (Å²) >= 11 is 0. The first-order valence-electron chi connectivity index (χ1n) is 5.13. The molecule has 0 spiro atoms. The monoisotopic (exact) mass is 216 g/mol. The van der Waals surface area contributed by atoms with Gasteiger partial charge in [-0.05, 0) is 24.5 Å². The third-order valence-electron chi connectivity index (χ3n) is 2.80. The molecular weight excluding hydrogens is 204 g/mol. The summed E-state index contributed by atoms with van der Waals surface area (Å²) in [6, 6.07) is 5.37. The average molecular weight is 216 g/mol. The molecule has 0 bridgehead atoms. The summed E-state index contributed by atoms with van der Waals surface area (Å²) in [7, 11) is 0. The van der Waals surface area contributed by atoms with Gasteiger partial charge in [0.1, 0.15) is 23.2 Å². The predicted molar refractivity (Wildman–Crippen MR) is 58.0 cm³/mol. The zero-order valence-electron chi connectivity index (χ0n) is 8.93. The number of amides is 1. The van der Waals surface area contributed by atoms with Crippen molar-refractivity contribution in [3.05, 3.63) is 29.2 Å². The molecule has 4 nitrogen and oxygen atoms in total. The third kappa shape index (κ3) is 1.98. The van der Waals surface area contributed by atoms with Gasteiger partial charge in [-0.25, -0.2) is 0 Å². The van der Waals surface area contributed by atoms with E-state index in [0.717, 1.165) is 12.2 Å². The number of nitriles is 1. The number of hydrogen-bond acceptors (Lipinski definition) is 3. The lowest BCUT2D eigenvalue weighted by atomic mass is 10.2. The van der Waals surface area contributed by atoms with Crippen LogP contribution in [0.2, 0.25) is 0 Å². The number of rotatable bonds is 3. The summed E-state index contributed by atoms with van der Waals surface area (Å²) in [6.07, 6.45) is 2.51. The van der Waals surface area contributed by atoms with Crippen LogP contribution in [0.5, 0.6) is 0 Å². The molecule has 1 fully saturated rings. The number of hydrogen-bond donors (Lipinski definition) is 1. The van der Waals surface area contributed by atoms with Crippen LogP contribution in [-0.2, 0) is 4.79 Å². The van der Waals surface area contributed by atoms with Crippen LogP contribution < -0.4 is 5.73 Å². The van der Waals surface area contributed by atoms with Gasteiger partial charge in [-0.3, -0.25) is 4.79 Å². The van der Waals surface area contributed by atoms with Crippen LogP contribution in [0.15, 0.2) is 22.1 Å². The molecule has 1 saturated carbocycles. The summed E-state index contributed by atoms with van der Waals surface area (Å²) < 4.78 is 5.53. The normalized spacial score (nSPS) is 23.9. The minimum atomic E-state index is -0.736. The van der Waals surface area contributed by atoms with E-state index in [1.165, 1.54) is 6.08 Å². The number of carbonyl (C=O) groups is 1. The highest BCUT2D eigenvalue weighted by Gasteiger charge is 2.36. The fraction of sp³-hybridized carbons (Fsp3) is 0.333. The quantitative estimate of drug-likeness (QED) is 0.617. The molecule has 1 aromatic heterocycles. The van der Waals surface area contributed by atoms with Gasteiger partial charge in [0, 0.05) is 12.0 Å². The van der Waals surface area contributed by atoms with E-state index < -0.39 is 5.91 Å². The van der Waals surface area contributed by atoms with Crippen molar-refractivity contribution in [1.29, 1.82) is 5.26 Å². The number of nitrogens with two attached hydrogens (primary N) is 1. The third-order valence-corrected chi connectivity index (χ3v) is 2.80. The minimum Gasteiger partial charge on any atom is -0.461 e. The van der Waals surface area contributed by atoms with Gasteiger partial charge in [-0.1, -0.05) is 6.92 Å². The van der Waals surface area contributed by atoms with Crippen LogP contribution in [0.4, 0.5) is 0 Å². The molecule has 0 saturated heterocycles. The molecule has 0 aliphatic heterocycles. The summed E-state index contributed by atoms with van der Waals surface area (Å²) in [6.45, 7) is 2.16. The molecule has 1 aromatic rings. The van der Waals surface area contributed by atoms with Crippen LogP contribution in [-0.4, -0.2) is 5.91 Å². The Bertz CT molecular complexity index is 493. The fourth-order valence-corrected chi connectivity index (χ4v) is 1.66. The topological polar surface area (TPSA) is 80.0 Å². The summed E-state index contributed by atoms with van der Waals surface area (Å²) in [4.78, 5) is 10.8. The van der Waals surface area contributed by atoms with E-state index >= 15 is 0 Å². The standard InChI is InChI=1S/C12H12N2O2/c1-7-4-10(7)11-3-2-9(16-11)5-8(6-13)12(14)15/h2-3,5,7,10H,4H2,1H3,(H2,14,15)/b8-5+/t7-,10-/m1/s1. The zero-order chi connectivity index (χ0) is 11.7. The van der Waals surface area contributed by atoms with Gasteiger partial charge in [0.2, 0.25) is 0 Å². The van der Waals surface area contributed by atoms with Crippen LogP contribution in [0.25, 0.3) is 6.08 Å². The summed E-state index contributed by atoms with van der Waals surface area (Å²) in [5.41, 5.74) is 4.93. The van der Waals surface area contributed by atoms with E-state index in [9.17, 15) is 4.79 Å². The van der Waals surface area contributed by atoms with Crippen molar-refractivity contribution in [2.24, 2.45) is 11.7 Å². The van der Waals surface area contributed by atoms with E-state index in [4.69, 9.17) is 15.4 Å². The smallest absolute Gasteiger partial charge is 0.259 e. The number of furan rings is 1. The van der Waals surface area contributed by atoms with Gasteiger partial charge in [-0.15, -0.1) is 0 Å². The van der Waals surface area contributed by atoms with Crippen molar-refractivity contribution in [3.63, 3.8) is 0 Å². The highest BCUT2D eigenvalue weighted by molar-refractivity contribution is 6.00. The molecule has 16 heavy (non-hydrogen) atoms. The first kappa shape index (κ1) is 10.5. The lowest BCUT2D eigenvalue weighted by Gasteiger charge is -1.91. The van der Waals surface area contributed by atoms with Gasteiger partial charge in [0.25, 0.3) is 5.91 Å². The van der Waals surface area contributed by atoms with Gasteiger partial charge in [0.15, 0.2) is 0 Å². The number of nitrogens with zero attached hydrogens (tertiary/aromatic N) is 1.